The third kappa shape index (κ3) is 0.763. The zero-order valence-corrected chi connectivity index (χ0v) is 5.10. The lowest BCUT2D eigenvalue weighted by Gasteiger charge is -1.97. The Kier molecular flexibility index (Phi) is 0.841. The summed E-state index contributed by atoms with van der Waals surface area (Å²) in [5.74, 6) is 0.727. The summed E-state index contributed by atoms with van der Waals surface area (Å²) in [4.78, 5) is 2.16. The molecular weight excluding hydrogens is 86.1 g/mol. The molecule has 1 heteroatoms. The average Bonchev–Trinajstić information content (AvgIpc) is 2.17. The molecule has 0 saturated heterocycles. The van der Waals surface area contributed by atoms with E-state index in [2.05, 4.69) is 32.0 Å². The van der Waals surface area contributed by atoms with Crippen LogP contribution in [-0.4, -0.2) is 11.9 Å². The van der Waals surface area contributed by atoms with E-state index in [-0.39, 0.29) is 0 Å². The van der Waals surface area contributed by atoms with E-state index in [0.717, 1.165) is 5.92 Å². The predicted molar refractivity (Wildman–Crippen MR) is 30.7 cm³/mol. The Bertz CT molecular complexity index is 103. The molecule has 0 bridgehead atoms. The van der Waals surface area contributed by atoms with Crippen LogP contribution >= 0.6 is 0 Å². The number of hydrogen-bond donors (Lipinski definition) is 0. The summed E-state index contributed by atoms with van der Waals surface area (Å²) in [5.41, 5.74) is 1.47. The fourth-order valence-corrected chi connectivity index (χ4v) is 0.726. The largest absolute Gasteiger partial charge is 0.351 e. The highest BCUT2D eigenvalue weighted by Crippen LogP contribution is 2.24. The molecular formula is C6H11N. The molecule has 0 aromatic rings. The fraction of sp³-hybridized carbons (Fsp3) is 0.667. The van der Waals surface area contributed by atoms with Gasteiger partial charge in [-0.05, 0) is 5.92 Å². The first-order valence-electron chi connectivity index (χ1n) is 2.66. The van der Waals surface area contributed by atoms with Crippen molar-refractivity contribution in [1.29, 1.82) is 0 Å². The lowest BCUT2D eigenvalue weighted by atomic mass is 10.2. The first-order chi connectivity index (χ1) is 3.22. The van der Waals surface area contributed by atoms with E-state index < -0.39 is 0 Å². The van der Waals surface area contributed by atoms with Crippen LogP contribution in [0.15, 0.2) is 11.9 Å². The van der Waals surface area contributed by atoms with Crippen LogP contribution in [0.2, 0.25) is 0 Å². The lowest BCUT2D eigenvalue weighted by Crippen LogP contribution is -1.92. The Balaban J connectivity index is 2.33. The molecule has 0 saturated carbocycles. The van der Waals surface area contributed by atoms with Crippen LogP contribution in [0.25, 0.3) is 0 Å². The maximum Gasteiger partial charge on any atom is 0.0361 e. The van der Waals surface area contributed by atoms with E-state index in [9.17, 15) is 0 Å². The van der Waals surface area contributed by atoms with Crippen molar-refractivity contribution in [3.8, 4) is 0 Å². The lowest BCUT2D eigenvalue weighted by molar-refractivity contribution is 0.618. The van der Waals surface area contributed by atoms with Crippen molar-refractivity contribution in [3.05, 3.63) is 11.9 Å². The van der Waals surface area contributed by atoms with E-state index in [1.165, 1.54) is 5.70 Å². The van der Waals surface area contributed by atoms with Crippen LogP contribution < -0.4 is 0 Å². The van der Waals surface area contributed by atoms with Crippen molar-refractivity contribution in [1.82, 2.24) is 4.90 Å². The Morgan fingerprint density at radius 2 is 2.00 bits per heavy atom. The van der Waals surface area contributed by atoms with Crippen molar-refractivity contribution in [2.75, 3.05) is 7.05 Å². The molecule has 0 spiro atoms. The van der Waals surface area contributed by atoms with Crippen LogP contribution in [0.4, 0.5) is 0 Å². The summed E-state index contributed by atoms with van der Waals surface area (Å²) in [5, 5.41) is 0. The number of hydrogen-bond acceptors (Lipinski definition) is 1. The summed E-state index contributed by atoms with van der Waals surface area (Å²) in [6.07, 6.45) is 2.16. The molecule has 0 aromatic carbocycles. The van der Waals surface area contributed by atoms with Gasteiger partial charge in [0, 0.05) is 18.9 Å². The van der Waals surface area contributed by atoms with Gasteiger partial charge < -0.3 is 4.90 Å². The number of rotatable bonds is 1. The molecule has 0 aliphatic carbocycles. The molecule has 40 valence electrons. The standard InChI is InChI=1S/C6H11N/c1-5(2)6-4-7(6)3/h4-5H,1-3H3. The maximum absolute atomic E-state index is 2.20. The van der Waals surface area contributed by atoms with Crippen molar-refractivity contribution in [2.45, 2.75) is 13.8 Å². The van der Waals surface area contributed by atoms with E-state index in [1.54, 1.807) is 0 Å². The predicted octanol–water partition coefficient (Wildman–Crippen LogP) is 1.43. The molecule has 1 nitrogen and oxygen atoms in total. The monoisotopic (exact) mass is 97.1 g/mol. The van der Waals surface area contributed by atoms with E-state index in [0.29, 0.717) is 0 Å². The van der Waals surface area contributed by atoms with Gasteiger partial charge in [0.2, 0.25) is 0 Å². The van der Waals surface area contributed by atoms with Crippen LogP contribution in [0.5, 0.6) is 0 Å². The van der Waals surface area contributed by atoms with Gasteiger partial charge in [0.05, 0.1) is 0 Å². The highest BCUT2D eigenvalue weighted by Gasteiger charge is 2.17. The van der Waals surface area contributed by atoms with E-state index in [1.807, 2.05) is 0 Å². The molecule has 1 aliphatic rings. The van der Waals surface area contributed by atoms with Gasteiger partial charge in [0.25, 0.3) is 0 Å². The number of allylic oxidation sites excluding steroid dienone is 1. The topological polar surface area (TPSA) is 3.01 Å². The summed E-state index contributed by atoms with van der Waals surface area (Å²) >= 11 is 0. The first kappa shape index (κ1) is 4.69. The quantitative estimate of drug-likeness (QED) is 0.478. The average molecular weight is 97.2 g/mol. The van der Waals surface area contributed by atoms with Crippen molar-refractivity contribution < 1.29 is 0 Å². The van der Waals surface area contributed by atoms with Gasteiger partial charge in [-0.15, -0.1) is 0 Å². The van der Waals surface area contributed by atoms with E-state index in [4.69, 9.17) is 0 Å². The minimum Gasteiger partial charge on any atom is -0.351 e. The highest BCUT2D eigenvalue weighted by molar-refractivity contribution is 5.18. The van der Waals surface area contributed by atoms with Crippen LogP contribution in [-0.2, 0) is 0 Å². The molecule has 0 atom stereocenters. The third-order valence-corrected chi connectivity index (χ3v) is 1.26. The van der Waals surface area contributed by atoms with Gasteiger partial charge in [-0.25, -0.2) is 0 Å². The minimum absolute atomic E-state index is 0.727. The van der Waals surface area contributed by atoms with Crippen molar-refractivity contribution in [3.63, 3.8) is 0 Å². The maximum atomic E-state index is 2.20. The van der Waals surface area contributed by atoms with Crippen LogP contribution in [0.1, 0.15) is 13.8 Å². The van der Waals surface area contributed by atoms with Crippen molar-refractivity contribution >= 4 is 0 Å². The zero-order chi connectivity index (χ0) is 5.44. The number of nitrogens with zero attached hydrogens (tertiary/aromatic N) is 1. The molecule has 0 N–H and O–H groups in total. The van der Waals surface area contributed by atoms with Gasteiger partial charge >= 0.3 is 0 Å². The Hall–Kier alpha value is -0.460. The molecule has 0 unspecified atom stereocenters. The molecule has 0 aromatic heterocycles. The minimum atomic E-state index is 0.727. The zero-order valence-electron chi connectivity index (χ0n) is 5.10. The van der Waals surface area contributed by atoms with Gasteiger partial charge in [-0.2, -0.15) is 0 Å². The summed E-state index contributed by atoms with van der Waals surface area (Å²) in [6.45, 7) is 4.41. The van der Waals surface area contributed by atoms with Crippen molar-refractivity contribution in [2.24, 2.45) is 5.92 Å². The summed E-state index contributed by atoms with van der Waals surface area (Å²) in [7, 11) is 2.08. The molecule has 0 fully saturated rings. The van der Waals surface area contributed by atoms with Crippen LogP contribution in [0, 0.1) is 5.92 Å². The first-order valence-corrected chi connectivity index (χ1v) is 2.66. The second kappa shape index (κ2) is 1.25. The molecule has 7 heavy (non-hydrogen) atoms. The molecule has 1 aliphatic heterocycles. The van der Waals surface area contributed by atoms with Crippen LogP contribution in [0.3, 0.4) is 0 Å². The second-order valence-corrected chi connectivity index (χ2v) is 2.32. The SMILES string of the molecule is CC(C)C1=CN1C. The molecule has 1 heterocycles. The van der Waals surface area contributed by atoms with Gasteiger partial charge in [0.1, 0.15) is 0 Å². The Morgan fingerprint density at radius 1 is 1.57 bits per heavy atom. The molecule has 1 rings (SSSR count). The van der Waals surface area contributed by atoms with Gasteiger partial charge in [0.15, 0.2) is 0 Å². The molecule has 0 radical (unpaired) electrons. The normalized spacial score (nSPS) is 17.7. The molecule has 0 amide bonds. The Morgan fingerprint density at radius 3 is 2.00 bits per heavy atom. The van der Waals surface area contributed by atoms with Gasteiger partial charge in [-0.3, -0.25) is 0 Å². The van der Waals surface area contributed by atoms with E-state index >= 15 is 0 Å². The highest BCUT2D eigenvalue weighted by atomic mass is 15.2. The smallest absolute Gasteiger partial charge is 0.0361 e. The Labute approximate surface area is 44.6 Å². The summed E-state index contributed by atoms with van der Waals surface area (Å²) in [6, 6.07) is 0. The fourth-order valence-electron chi connectivity index (χ4n) is 0.726. The third-order valence-electron chi connectivity index (χ3n) is 1.26. The second-order valence-electron chi connectivity index (χ2n) is 2.32. The summed E-state index contributed by atoms with van der Waals surface area (Å²) < 4.78 is 0. The van der Waals surface area contributed by atoms with Gasteiger partial charge in [-0.1, -0.05) is 13.8 Å².